The van der Waals surface area contributed by atoms with Crippen LogP contribution in [0.2, 0.25) is 0 Å². The topological polar surface area (TPSA) is 72.5 Å². The average Bonchev–Trinajstić information content (AvgIpc) is 3.36. The Morgan fingerprint density at radius 3 is 2.37 bits per heavy atom. The molecule has 2 fully saturated rings. The van der Waals surface area contributed by atoms with Gasteiger partial charge in [-0.15, -0.1) is 0 Å². The van der Waals surface area contributed by atoms with Gasteiger partial charge in [0.15, 0.2) is 0 Å². The van der Waals surface area contributed by atoms with Crippen LogP contribution in [0, 0.1) is 0 Å². The summed E-state index contributed by atoms with van der Waals surface area (Å²) in [7, 11) is 0. The van der Waals surface area contributed by atoms with Crippen molar-refractivity contribution in [2.45, 2.75) is 25.7 Å². The Bertz CT molecular complexity index is 771. The number of aromatic amines is 1. The Morgan fingerprint density at radius 2 is 1.63 bits per heavy atom. The molecule has 3 heterocycles. The van der Waals surface area contributed by atoms with Gasteiger partial charge in [0.05, 0.1) is 17.6 Å². The molecule has 2 aliphatic rings. The molecule has 4 rings (SSSR count). The Hall–Kier alpha value is -2.41. The summed E-state index contributed by atoms with van der Waals surface area (Å²) < 4.78 is 0. The minimum Gasteiger partial charge on any atom is -0.342 e. The van der Waals surface area contributed by atoms with E-state index in [4.69, 9.17) is 0 Å². The molecule has 0 aliphatic carbocycles. The minimum absolute atomic E-state index is 0.168. The summed E-state index contributed by atoms with van der Waals surface area (Å²) >= 11 is 0. The van der Waals surface area contributed by atoms with Gasteiger partial charge >= 0.3 is 0 Å². The number of nitrogens with one attached hydrogen (secondary N) is 1. The molecule has 0 radical (unpaired) electrons. The van der Waals surface area contributed by atoms with Crippen LogP contribution in [-0.2, 0) is 16.0 Å². The fourth-order valence-corrected chi connectivity index (χ4v) is 3.92. The van der Waals surface area contributed by atoms with Gasteiger partial charge in [0.2, 0.25) is 11.8 Å². The van der Waals surface area contributed by atoms with Gasteiger partial charge in [0, 0.05) is 52.1 Å². The van der Waals surface area contributed by atoms with Crippen LogP contribution in [0.25, 0.3) is 11.0 Å². The summed E-state index contributed by atoms with van der Waals surface area (Å²) in [6, 6.07) is 7.91. The molecular weight excluding hydrogens is 342 g/mol. The number of amides is 2. The molecule has 1 N–H and O–H groups in total. The van der Waals surface area contributed by atoms with E-state index in [0.29, 0.717) is 32.5 Å². The van der Waals surface area contributed by atoms with Crippen molar-refractivity contribution in [3.8, 4) is 0 Å². The van der Waals surface area contributed by atoms with E-state index in [1.807, 2.05) is 34.1 Å². The summed E-state index contributed by atoms with van der Waals surface area (Å²) in [5, 5.41) is 0. The van der Waals surface area contributed by atoms with Crippen molar-refractivity contribution in [2.75, 3.05) is 45.8 Å². The Labute approximate surface area is 159 Å². The van der Waals surface area contributed by atoms with Crippen LogP contribution in [0.5, 0.6) is 0 Å². The Morgan fingerprint density at radius 1 is 0.926 bits per heavy atom. The maximum Gasteiger partial charge on any atom is 0.236 e. The number of nitrogens with zero attached hydrogens (tertiary/aromatic N) is 4. The lowest BCUT2D eigenvalue weighted by Crippen LogP contribution is -2.51. The number of aryl methyl sites for hydroxylation is 1. The van der Waals surface area contributed by atoms with Gasteiger partial charge in [0.25, 0.3) is 0 Å². The highest BCUT2D eigenvalue weighted by molar-refractivity contribution is 5.79. The molecule has 2 amide bonds. The van der Waals surface area contributed by atoms with Crippen molar-refractivity contribution in [3.63, 3.8) is 0 Å². The molecule has 0 unspecified atom stereocenters. The molecule has 0 atom stereocenters. The highest BCUT2D eigenvalue weighted by Crippen LogP contribution is 2.13. The van der Waals surface area contributed by atoms with E-state index >= 15 is 0 Å². The molecule has 1 aromatic carbocycles. The Kier molecular flexibility index (Phi) is 5.38. The van der Waals surface area contributed by atoms with Crippen molar-refractivity contribution in [3.05, 3.63) is 30.1 Å². The molecule has 7 nitrogen and oxygen atoms in total. The van der Waals surface area contributed by atoms with Gasteiger partial charge in [-0.25, -0.2) is 4.98 Å². The number of aromatic nitrogens is 2. The summed E-state index contributed by atoms with van der Waals surface area (Å²) in [5.74, 6) is 1.26. The van der Waals surface area contributed by atoms with Gasteiger partial charge in [-0.05, 0) is 25.0 Å². The molecule has 1 aromatic heterocycles. The number of likely N-dealkylation sites (tertiary alicyclic amines) is 1. The molecule has 0 bridgehead atoms. The standard InChI is InChI=1S/C20H27N5O2/c26-19(8-7-18-21-16-5-1-2-6-17(16)22-18)25-13-11-23(12-14-25)15-20(27)24-9-3-4-10-24/h1-2,5-6H,3-4,7-15H2,(H,21,22). The first-order chi connectivity index (χ1) is 13.2. The average molecular weight is 369 g/mol. The lowest BCUT2D eigenvalue weighted by Gasteiger charge is -2.35. The number of para-hydroxylation sites is 2. The first kappa shape index (κ1) is 18.0. The van der Waals surface area contributed by atoms with Crippen molar-refractivity contribution >= 4 is 22.8 Å². The fraction of sp³-hybridized carbons (Fsp3) is 0.550. The van der Waals surface area contributed by atoms with E-state index in [9.17, 15) is 9.59 Å². The zero-order valence-electron chi connectivity index (χ0n) is 15.7. The van der Waals surface area contributed by atoms with Crippen molar-refractivity contribution in [2.24, 2.45) is 0 Å². The van der Waals surface area contributed by atoms with Crippen LogP contribution in [0.15, 0.2) is 24.3 Å². The number of imidazole rings is 1. The number of fused-ring (bicyclic) bond motifs is 1. The fourth-order valence-electron chi connectivity index (χ4n) is 3.92. The van der Waals surface area contributed by atoms with Crippen molar-refractivity contribution in [1.82, 2.24) is 24.7 Å². The van der Waals surface area contributed by atoms with E-state index in [0.717, 1.165) is 55.9 Å². The van der Waals surface area contributed by atoms with E-state index in [1.165, 1.54) is 0 Å². The van der Waals surface area contributed by atoms with Gasteiger partial charge < -0.3 is 14.8 Å². The van der Waals surface area contributed by atoms with Crippen LogP contribution in [0.4, 0.5) is 0 Å². The smallest absolute Gasteiger partial charge is 0.236 e. The number of hydrogen-bond acceptors (Lipinski definition) is 4. The zero-order valence-corrected chi connectivity index (χ0v) is 15.7. The first-order valence-corrected chi connectivity index (χ1v) is 9.90. The van der Waals surface area contributed by atoms with Gasteiger partial charge in [-0.1, -0.05) is 12.1 Å². The molecule has 7 heteroatoms. The van der Waals surface area contributed by atoms with Gasteiger partial charge in [0.1, 0.15) is 5.82 Å². The lowest BCUT2D eigenvalue weighted by atomic mass is 10.2. The van der Waals surface area contributed by atoms with E-state index in [-0.39, 0.29) is 11.8 Å². The van der Waals surface area contributed by atoms with Gasteiger partial charge in [-0.2, -0.15) is 0 Å². The number of benzene rings is 1. The molecule has 0 saturated carbocycles. The third-order valence-electron chi connectivity index (χ3n) is 5.56. The number of piperazine rings is 1. The van der Waals surface area contributed by atoms with Crippen LogP contribution in [0.1, 0.15) is 25.1 Å². The van der Waals surface area contributed by atoms with Crippen molar-refractivity contribution < 1.29 is 9.59 Å². The second-order valence-electron chi connectivity index (χ2n) is 7.45. The molecule has 144 valence electrons. The molecule has 2 aliphatic heterocycles. The molecule has 27 heavy (non-hydrogen) atoms. The van der Waals surface area contributed by atoms with E-state index in [1.54, 1.807) is 0 Å². The predicted octanol–water partition coefficient (Wildman–Crippen LogP) is 1.26. The SMILES string of the molecule is O=C(CCc1nc2ccccc2[nH]1)N1CCN(CC(=O)N2CCCC2)CC1. The van der Waals surface area contributed by atoms with Crippen LogP contribution >= 0.6 is 0 Å². The monoisotopic (exact) mass is 369 g/mol. The number of carbonyl (C=O) groups excluding carboxylic acids is 2. The molecule has 0 spiro atoms. The largest absolute Gasteiger partial charge is 0.342 e. The highest BCUT2D eigenvalue weighted by Gasteiger charge is 2.25. The summed E-state index contributed by atoms with van der Waals surface area (Å²) in [4.78, 5) is 38.6. The summed E-state index contributed by atoms with van der Waals surface area (Å²) in [6.45, 7) is 5.24. The van der Waals surface area contributed by atoms with Crippen LogP contribution in [0.3, 0.4) is 0 Å². The molecule has 2 aromatic rings. The molecule has 2 saturated heterocycles. The second-order valence-corrected chi connectivity index (χ2v) is 7.45. The first-order valence-electron chi connectivity index (χ1n) is 9.90. The van der Waals surface area contributed by atoms with E-state index in [2.05, 4.69) is 14.9 Å². The summed E-state index contributed by atoms with van der Waals surface area (Å²) in [6.07, 6.45) is 3.34. The quantitative estimate of drug-likeness (QED) is 0.861. The number of carbonyl (C=O) groups is 2. The molecular formula is C20H27N5O2. The number of H-pyrrole nitrogens is 1. The summed E-state index contributed by atoms with van der Waals surface area (Å²) in [5.41, 5.74) is 1.95. The number of rotatable bonds is 5. The number of hydrogen-bond donors (Lipinski definition) is 1. The van der Waals surface area contributed by atoms with Crippen LogP contribution in [-0.4, -0.2) is 82.3 Å². The maximum absolute atomic E-state index is 12.5. The Balaban J connectivity index is 1.22. The van der Waals surface area contributed by atoms with Crippen molar-refractivity contribution in [1.29, 1.82) is 0 Å². The van der Waals surface area contributed by atoms with Crippen LogP contribution < -0.4 is 0 Å². The highest BCUT2D eigenvalue weighted by atomic mass is 16.2. The van der Waals surface area contributed by atoms with E-state index < -0.39 is 0 Å². The third-order valence-corrected chi connectivity index (χ3v) is 5.56. The van der Waals surface area contributed by atoms with Gasteiger partial charge in [-0.3, -0.25) is 14.5 Å². The zero-order chi connectivity index (χ0) is 18.6. The lowest BCUT2D eigenvalue weighted by molar-refractivity contribution is -0.134. The minimum atomic E-state index is 0.168. The maximum atomic E-state index is 12.5. The second kappa shape index (κ2) is 8.08. The predicted molar refractivity (Wildman–Crippen MR) is 103 cm³/mol. The third kappa shape index (κ3) is 4.30. The normalized spacial score (nSPS) is 18.4.